The van der Waals surface area contributed by atoms with Crippen molar-refractivity contribution in [1.29, 1.82) is 0 Å². The molecule has 0 saturated carbocycles. The highest BCUT2D eigenvalue weighted by atomic mass is 32.1. The smallest absolute Gasteiger partial charge is 0.327 e. The van der Waals surface area contributed by atoms with Crippen molar-refractivity contribution in [3.05, 3.63) is 59.8 Å². The summed E-state index contributed by atoms with van der Waals surface area (Å²) in [5.74, 6) is -3.91. The Morgan fingerprint density at radius 1 is 1.17 bits per heavy atom. The first kappa shape index (κ1) is 18.6. The van der Waals surface area contributed by atoms with E-state index >= 15 is 8.78 Å². The minimum atomic E-state index is -3.38. The van der Waals surface area contributed by atoms with Crippen molar-refractivity contribution in [3.8, 4) is 0 Å². The molecular weight excluding hydrogens is 410 g/mol. The highest BCUT2D eigenvalue weighted by molar-refractivity contribution is 7.20. The maximum atomic E-state index is 15.3. The number of nitrogens with one attached hydrogen (secondary N) is 1. The third kappa shape index (κ3) is 2.98. The molecular formula is C19H16F2N8S. The van der Waals surface area contributed by atoms with Gasteiger partial charge in [-0.15, -0.1) is 15.3 Å². The van der Waals surface area contributed by atoms with Gasteiger partial charge in [-0.2, -0.15) is 18.4 Å². The standard InChI is InChI=1S/C19H16F2N8S/c1-3-28-10-15(11(2)26-28)23-17-27-29-16(24-25-18(29)30-17)19(20,21)13-6-7-14-12(9-13)5-4-8-22-14/h4-10H,3H2,1-2H3,(H,23,27). The average Bonchev–Trinajstić information content (AvgIpc) is 3.42. The van der Waals surface area contributed by atoms with E-state index < -0.39 is 11.7 Å². The molecule has 0 aliphatic carbocycles. The number of halogens is 2. The number of hydrogen-bond donors (Lipinski definition) is 1. The predicted octanol–water partition coefficient (Wildman–Crippen LogP) is 4.14. The van der Waals surface area contributed by atoms with Gasteiger partial charge in [-0.25, -0.2) is 0 Å². The molecule has 0 saturated heterocycles. The van der Waals surface area contributed by atoms with E-state index in [1.165, 1.54) is 12.1 Å². The van der Waals surface area contributed by atoms with Crippen molar-refractivity contribution in [3.63, 3.8) is 0 Å². The Morgan fingerprint density at radius 2 is 2.03 bits per heavy atom. The van der Waals surface area contributed by atoms with Crippen LogP contribution >= 0.6 is 11.3 Å². The molecule has 0 unspecified atom stereocenters. The van der Waals surface area contributed by atoms with Gasteiger partial charge in [-0.05, 0) is 32.0 Å². The van der Waals surface area contributed by atoms with Crippen molar-refractivity contribution in [2.75, 3.05) is 5.32 Å². The fraction of sp³-hybridized carbons (Fsp3) is 0.211. The maximum absolute atomic E-state index is 15.3. The van der Waals surface area contributed by atoms with Gasteiger partial charge >= 0.3 is 5.92 Å². The summed E-state index contributed by atoms with van der Waals surface area (Å²) in [6.45, 7) is 4.57. The number of fused-ring (bicyclic) bond motifs is 2. The van der Waals surface area contributed by atoms with E-state index in [1.807, 2.05) is 20.0 Å². The van der Waals surface area contributed by atoms with E-state index in [0.29, 0.717) is 16.0 Å². The van der Waals surface area contributed by atoms with Gasteiger partial charge in [-0.3, -0.25) is 9.67 Å². The Bertz CT molecular complexity index is 1370. The van der Waals surface area contributed by atoms with Crippen LogP contribution in [0.1, 0.15) is 24.0 Å². The number of rotatable bonds is 5. The van der Waals surface area contributed by atoms with Crippen LogP contribution in [0.3, 0.4) is 0 Å². The number of anilines is 2. The number of aromatic nitrogens is 7. The number of benzene rings is 1. The molecule has 4 heterocycles. The molecule has 1 aromatic carbocycles. The Labute approximate surface area is 173 Å². The monoisotopic (exact) mass is 426 g/mol. The third-order valence-corrected chi connectivity index (χ3v) is 5.56. The quantitative estimate of drug-likeness (QED) is 0.455. The second kappa shape index (κ2) is 6.80. The second-order valence-electron chi connectivity index (χ2n) is 6.72. The number of alkyl halides is 2. The predicted molar refractivity (Wildman–Crippen MR) is 109 cm³/mol. The normalized spacial score (nSPS) is 12.1. The SMILES string of the molecule is CCn1cc(Nc2nn3c(C(F)(F)c4ccc5ncccc5c4)nnc3s2)c(C)n1. The van der Waals surface area contributed by atoms with Gasteiger partial charge in [-0.1, -0.05) is 23.5 Å². The van der Waals surface area contributed by atoms with Gasteiger partial charge in [0, 0.05) is 29.9 Å². The van der Waals surface area contributed by atoms with Crippen LogP contribution < -0.4 is 5.32 Å². The molecule has 0 spiro atoms. The summed E-state index contributed by atoms with van der Waals surface area (Å²) >= 11 is 1.14. The Balaban J connectivity index is 1.52. The number of pyridine rings is 1. The topological polar surface area (TPSA) is 85.8 Å². The van der Waals surface area contributed by atoms with Crippen molar-refractivity contribution in [2.24, 2.45) is 0 Å². The van der Waals surface area contributed by atoms with E-state index in [1.54, 1.807) is 29.1 Å². The molecule has 30 heavy (non-hydrogen) atoms. The Kier molecular flexibility index (Phi) is 4.21. The number of nitrogens with zero attached hydrogens (tertiary/aromatic N) is 7. The highest BCUT2D eigenvalue weighted by Crippen LogP contribution is 2.37. The van der Waals surface area contributed by atoms with Crippen LogP contribution in [-0.2, 0) is 12.5 Å². The molecule has 0 radical (unpaired) electrons. The lowest BCUT2D eigenvalue weighted by Crippen LogP contribution is -2.19. The first-order valence-electron chi connectivity index (χ1n) is 9.22. The molecule has 4 aromatic heterocycles. The fourth-order valence-electron chi connectivity index (χ4n) is 3.18. The van der Waals surface area contributed by atoms with Crippen molar-refractivity contribution in [1.82, 2.24) is 34.6 Å². The first-order valence-corrected chi connectivity index (χ1v) is 10.0. The third-order valence-electron chi connectivity index (χ3n) is 4.75. The summed E-state index contributed by atoms with van der Waals surface area (Å²) in [7, 11) is 0. The lowest BCUT2D eigenvalue weighted by Gasteiger charge is -2.14. The molecule has 8 nitrogen and oxygen atoms in total. The van der Waals surface area contributed by atoms with Crippen molar-refractivity contribution in [2.45, 2.75) is 26.3 Å². The minimum absolute atomic E-state index is 0.195. The first-order chi connectivity index (χ1) is 14.5. The molecule has 11 heteroatoms. The van der Waals surface area contributed by atoms with E-state index in [2.05, 4.69) is 30.7 Å². The molecule has 0 bridgehead atoms. The van der Waals surface area contributed by atoms with Crippen LogP contribution in [-0.4, -0.2) is 34.6 Å². The van der Waals surface area contributed by atoms with Gasteiger partial charge in [0.25, 0.3) is 0 Å². The van der Waals surface area contributed by atoms with Gasteiger partial charge in [0.15, 0.2) is 0 Å². The summed E-state index contributed by atoms with van der Waals surface area (Å²) in [4.78, 5) is 4.44. The summed E-state index contributed by atoms with van der Waals surface area (Å²) in [5.41, 5.74) is 2.00. The zero-order valence-electron chi connectivity index (χ0n) is 16.0. The highest BCUT2D eigenvalue weighted by Gasteiger charge is 2.40. The lowest BCUT2D eigenvalue weighted by molar-refractivity contribution is 0.0308. The van der Waals surface area contributed by atoms with Crippen LogP contribution in [0.5, 0.6) is 0 Å². The second-order valence-corrected chi connectivity index (χ2v) is 7.68. The average molecular weight is 426 g/mol. The van der Waals surface area contributed by atoms with Crippen LogP contribution in [0.15, 0.2) is 42.7 Å². The molecule has 1 N–H and O–H groups in total. The summed E-state index contributed by atoms with van der Waals surface area (Å²) in [6.07, 6.45) is 3.47. The molecule has 0 amide bonds. The van der Waals surface area contributed by atoms with Gasteiger partial charge < -0.3 is 5.32 Å². The maximum Gasteiger partial charge on any atom is 0.333 e. The number of hydrogen-bond acceptors (Lipinski definition) is 7. The fourth-order valence-corrected chi connectivity index (χ4v) is 3.93. The zero-order valence-corrected chi connectivity index (χ0v) is 16.9. The molecule has 0 aliphatic heterocycles. The largest absolute Gasteiger partial charge is 0.333 e. The summed E-state index contributed by atoms with van der Waals surface area (Å²) in [5, 5.41) is 20.4. The van der Waals surface area contributed by atoms with Crippen LogP contribution in [0.25, 0.3) is 15.9 Å². The Hall–Kier alpha value is -3.47. The molecule has 0 atom stereocenters. The summed E-state index contributed by atoms with van der Waals surface area (Å²) in [6, 6.07) is 7.78. The van der Waals surface area contributed by atoms with Gasteiger partial charge in [0.05, 0.1) is 16.9 Å². The molecule has 152 valence electrons. The van der Waals surface area contributed by atoms with Crippen LogP contribution in [0.4, 0.5) is 19.6 Å². The molecule has 5 rings (SSSR count). The van der Waals surface area contributed by atoms with E-state index in [-0.39, 0.29) is 10.5 Å². The van der Waals surface area contributed by atoms with Gasteiger partial charge in [0.2, 0.25) is 15.9 Å². The van der Waals surface area contributed by atoms with E-state index in [9.17, 15) is 0 Å². The molecule has 5 aromatic rings. The van der Waals surface area contributed by atoms with Crippen molar-refractivity contribution >= 4 is 38.0 Å². The number of aryl methyl sites for hydroxylation is 2. The van der Waals surface area contributed by atoms with E-state index in [4.69, 9.17) is 0 Å². The van der Waals surface area contributed by atoms with Crippen LogP contribution in [0, 0.1) is 6.92 Å². The summed E-state index contributed by atoms with van der Waals surface area (Å²) < 4.78 is 33.5. The minimum Gasteiger partial charge on any atom is -0.327 e. The van der Waals surface area contributed by atoms with Crippen molar-refractivity contribution < 1.29 is 8.78 Å². The zero-order chi connectivity index (χ0) is 20.9. The van der Waals surface area contributed by atoms with E-state index in [0.717, 1.165) is 33.8 Å². The van der Waals surface area contributed by atoms with Crippen LogP contribution in [0.2, 0.25) is 0 Å². The molecule has 0 fully saturated rings. The lowest BCUT2D eigenvalue weighted by atomic mass is 10.0. The Morgan fingerprint density at radius 3 is 2.83 bits per heavy atom. The molecule has 0 aliphatic rings. The van der Waals surface area contributed by atoms with Gasteiger partial charge in [0.1, 0.15) is 0 Å².